The number of hydrogen-bond acceptors (Lipinski definition) is 6. The summed E-state index contributed by atoms with van der Waals surface area (Å²) in [6.07, 6.45) is 3.96. The Morgan fingerprint density at radius 1 is 1.28 bits per heavy atom. The molecule has 3 rings (SSSR count). The van der Waals surface area contributed by atoms with Gasteiger partial charge in [-0.2, -0.15) is 0 Å². The number of anilines is 1. The number of hydrogen-bond donors (Lipinski definition) is 1. The average molecular weight is 342 g/mol. The number of nitrogens with one attached hydrogen (secondary N) is 1. The molecule has 0 aliphatic carbocycles. The fourth-order valence-electron chi connectivity index (χ4n) is 2.62. The van der Waals surface area contributed by atoms with Crippen molar-refractivity contribution in [3.8, 4) is 5.75 Å². The molecule has 1 aromatic carbocycles. The van der Waals surface area contributed by atoms with Crippen LogP contribution in [0.15, 0.2) is 36.7 Å². The highest BCUT2D eigenvalue weighted by molar-refractivity contribution is 5.92. The van der Waals surface area contributed by atoms with Crippen LogP contribution in [0.1, 0.15) is 16.1 Å². The number of benzene rings is 1. The molecule has 7 heteroatoms. The zero-order valence-electron chi connectivity index (χ0n) is 14.3. The second kappa shape index (κ2) is 8.43. The summed E-state index contributed by atoms with van der Waals surface area (Å²) in [4.78, 5) is 22.6. The molecule has 1 saturated heterocycles. The number of rotatable bonds is 6. The van der Waals surface area contributed by atoms with Gasteiger partial charge in [-0.3, -0.25) is 4.79 Å². The molecule has 132 valence electrons. The summed E-state index contributed by atoms with van der Waals surface area (Å²) in [5.41, 5.74) is 1.54. The number of ether oxygens (including phenoxy) is 2. The van der Waals surface area contributed by atoms with E-state index in [4.69, 9.17) is 9.47 Å². The molecule has 7 nitrogen and oxygen atoms in total. The molecule has 2 aromatic rings. The van der Waals surface area contributed by atoms with E-state index >= 15 is 0 Å². The van der Waals surface area contributed by atoms with Gasteiger partial charge in [0.15, 0.2) is 0 Å². The standard InChI is InChI=1S/C18H22N4O3/c1-24-15-4-2-3-14(11-15)5-6-19-17-13-20-16(12-21-17)18(23)22-7-9-25-10-8-22/h2-4,11-13H,5-10H2,1H3,(H,19,21). The molecule has 0 spiro atoms. The van der Waals surface area contributed by atoms with Crippen LogP contribution in [0.25, 0.3) is 0 Å². The van der Waals surface area contributed by atoms with E-state index in [1.807, 2.05) is 18.2 Å². The van der Waals surface area contributed by atoms with Gasteiger partial charge in [-0.25, -0.2) is 9.97 Å². The van der Waals surface area contributed by atoms with Crippen molar-refractivity contribution in [2.24, 2.45) is 0 Å². The minimum atomic E-state index is -0.0984. The van der Waals surface area contributed by atoms with E-state index < -0.39 is 0 Å². The normalized spacial score (nSPS) is 14.2. The van der Waals surface area contributed by atoms with E-state index in [0.29, 0.717) is 37.8 Å². The first-order valence-corrected chi connectivity index (χ1v) is 8.32. The Labute approximate surface area is 147 Å². The minimum Gasteiger partial charge on any atom is -0.497 e. The third kappa shape index (κ3) is 4.67. The van der Waals surface area contributed by atoms with Crippen LogP contribution in [0.5, 0.6) is 5.75 Å². The first kappa shape index (κ1) is 17.2. The van der Waals surface area contributed by atoms with Gasteiger partial charge >= 0.3 is 0 Å². The molecular weight excluding hydrogens is 320 g/mol. The lowest BCUT2D eigenvalue weighted by Crippen LogP contribution is -2.41. The maximum Gasteiger partial charge on any atom is 0.274 e. The van der Waals surface area contributed by atoms with E-state index in [0.717, 1.165) is 18.7 Å². The molecule has 1 amide bonds. The van der Waals surface area contributed by atoms with Crippen molar-refractivity contribution < 1.29 is 14.3 Å². The topological polar surface area (TPSA) is 76.6 Å². The largest absolute Gasteiger partial charge is 0.497 e. The number of morpholine rings is 1. The number of carbonyl (C=O) groups excluding carboxylic acids is 1. The maximum absolute atomic E-state index is 12.3. The van der Waals surface area contributed by atoms with E-state index in [1.165, 1.54) is 11.8 Å². The zero-order chi connectivity index (χ0) is 17.5. The van der Waals surface area contributed by atoms with Crippen molar-refractivity contribution in [3.05, 3.63) is 47.9 Å². The fourth-order valence-corrected chi connectivity index (χ4v) is 2.62. The molecule has 0 unspecified atom stereocenters. The number of aromatic nitrogens is 2. The summed E-state index contributed by atoms with van der Waals surface area (Å²) < 4.78 is 10.5. The van der Waals surface area contributed by atoms with E-state index in [2.05, 4.69) is 21.4 Å². The molecule has 0 atom stereocenters. The lowest BCUT2D eigenvalue weighted by molar-refractivity contribution is 0.0298. The SMILES string of the molecule is COc1cccc(CCNc2cnc(C(=O)N3CCOCC3)cn2)c1. The van der Waals surface area contributed by atoms with Crippen LogP contribution in [-0.4, -0.2) is 60.7 Å². The van der Waals surface area contributed by atoms with Crippen molar-refractivity contribution in [2.75, 3.05) is 45.3 Å². The van der Waals surface area contributed by atoms with Crippen molar-refractivity contribution >= 4 is 11.7 Å². The quantitative estimate of drug-likeness (QED) is 0.859. The van der Waals surface area contributed by atoms with E-state index in [9.17, 15) is 4.79 Å². The van der Waals surface area contributed by atoms with Crippen LogP contribution in [-0.2, 0) is 11.2 Å². The van der Waals surface area contributed by atoms with E-state index in [-0.39, 0.29) is 5.91 Å². The summed E-state index contributed by atoms with van der Waals surface area (Å²) in [5.74, 6) is 1.41. The first-order chi connectivity index (χ1) is 12.3. The summed E-state index contributed by atoms with van der Waals surface area (Å²) >= 11 is 0. The average Bonchev–Trinajstić information content (AvgIpc) is 2.69. The number of nitrogens with zero attached hydrogens (tertiary/aromatic N) is 3. The smallest absolute Gasteiger partial charge is 0.274 e. The Morgan fingerprint density at radius 2 is 2.12 bits per heavy atom. The van der Waals surface area contributed by atoms with Gasteiger partial charge < -0.3 is 19.7 Å². The zero-order valence-corrected chi connectivity index (χ0v) is 14.3. The monoisotopic (exact) mass is 342 g/mol. The van der Waals surface area contributed by atoms with Crippen molar-refractivity contribution in [3.63, 3.8) is 0 Å². The van der Waals surface area contributed by atoms with Crippen LogP contribution in [0.2, 0.25) is 0 Å². The van der Waals surface area contributed by atoms with Gasteiger partial charge in [0, 0.05) is 19.6 Å². The van der Waals surface area contributed by atoms with Crippen LogP contribution >= 0.6 is 0 Å². The predicted octanol–water partition coefficient (Wildman–Crippen LogP) is 1.61. The lowest BCUT2D eigenvalue weighted by Gasteiger charge is -2.26. The Morgan fingerprint density at radius 3 is 2.84 bits per heavy atom. The summed E-state index contributed by atoms with van der Waals surface area (Å²) in [6.45, 7) is 3.06. The van der Waals surface area contributed by atoms with Gasteiger partial charge in [0.25, 0.3) is 5.91 Å². The van der Waals surface area contributed by atoms with Crippen LogP contribution in [0.4, 0.5) is 5.82 Å². The van der Waals surface area contributed by atoms with Crippen molar-refractivity contribution in [1.82, 2.24) is 14.9 Å². The predicted molar refractivity (Wildman–Crippen MR) is 93.9 cm³/mol. The summed E-state index contributed by atoms with van der Waals surface area (Å²) in [7, 11) is 1.66. The molecule has 2 heterocycles. The fraction of sp³-hybridized carbons (Fsp3) is 0.389. The van der Waals surface area contributed by atoms with Crippen LogP contribution in [0.3, 0.4) is 0 Å². The first-order valence-electron chi connectivity index (χ1n) is 8.32. The van der Waals surface area contributed by atoms with Crippen molar-refractivity contribution in [2.45, 2.75) is 6.42 Å². The molecule has 25 heavy (non-hydrogen) atoms. The van der Waals surface area contributed by atoms with Gasteiger partial charge in [-0.1, -0.05) is 12.1 Å². The van der Waals surface area contributed by atoms with Crippen molar-refractivity contribution in [1.29, 1.82) is 0 Å². The van der Waals surface area contributed by atoms with Gasteiger partial charge in [-0.05, 0) is 24.1 Å². The molecule has 1 aliphatic rings. The Balaban J connectivity index is 1.51. The molecule has 1 N–H and O–H groups in total. The maximum atomic E-state index is 12.3. The summed E-state index contributed by atoms with van der Waals surface area (Å²) in [6, 6.07) is 7.96. The van der Waals surface area contributed by atoms with E-state index in [1.54, 1.807) is 18.2 Å². The molecule has 1 aliphatic heterocycles. The Bertz CT molecular complexity index is 700. The second-order valence-corrected chi connectivity index (χ2v) is 5.72. The second-order valence-electron chi connectivity index (χ2n) is 5.72. The van der Waals surface area contributed by atoms with Gasteiger partial charge in [0.05, 0.1) is 32.7 Å². The third-order valence-electron chi connectivity index (χ3n) is 4.02. The van der Waals surface area contributed by atoms with Gasteiger partial charge in [0.2, 0.25) is 0 Å². The highest BCUT2D eigenvalue weighted by Gasteiger charge is 2.19. The highest BCUT2D eigenvalue weighted by atomic mass is 16.5. The van der Waals surface area contributed by atoms with Gasteiger partial charge in [0.1, 0.15) is 17.3 Å². The number of carbonyl (C=O) groups is 1. The Kier molecular flexibility index (Phi) is 5.79. The number of amides is 1. The Hall–Kier alpha value is -2.67. The molecule has 1 aromatic heterocycles. The minimum absolute atomic E-state index is 0.0984. The highest BCUT2D eigenvalue weighted by Crippen LogP contribution is 2.13. The molecule has 0 bridgehead atoms. The number of methoxy groups -OCH3 is 1. The molecule has 0 radical (unpaired) electrons. The molecule has 1 fully saturated rings. The van der Waals surface area contributed by atoms with Crippen LogP contribution in [0, 0.1) is 0 Å². The lowest BCUT2D eigenvalue weighted by atomic mass is 10.1. The van der Waals surface area contributed by atoms with Gasteiger partial charge in [-0.15, -0.1) is 0 Å². The summed E-state index contributed by atoms with van der Waals surface area (Å²) in [5, 5.41) is 3.22. The molecule has 0 saturated carbocycles. The van der Waals surface area contributed by atoms with Crippen LogP contribution < -0.4 is 10.1 Å². The molecular formula is C18H22N4O3. The third-order valence-corrected chi connectivity index (χ3v) is 4.02.